The van der Waals surface area contributed by atoms with Crippen LogP contribution in [0.5, 0.6) is 11.5 Å². The summed E-state index contributed by atoms with van der Waals surface area (Å²) in [5, 5.41) is 0.765. The maximum atomic E-state index is 12.3. The fraction of sp³-hybridized carbons (Fsp3) is 0.524. The second kappa shape index (κ2) is 10.6. The first-order valence-electron chi connectivity index (χ1n) is 9.47. The molecular weight excluding hydrogens is 330 g/mol. The standard InChI is InChI=1S/C21H29NO4/c1-4-6-7-8-9-10-13-26-20-17-14-16(24-3)11-12-19(17)22-15-18(20)21(23)25-5-2/h11-12,14-15H,4-10,13H2,1-3H3. The van der Waals surface area contributed by atoms with Gasteiger partial charge in [0, 0.05) is 11.6 Å². The molecule has 0 radical (unpaired) electrons. The molecule has 0 aliphatic carbocycles. The van der Waals surface area contributed by atoms with Crippen LogP contribution in [-0.2, 0) is 4.74 Å². The number of pyridine rings is 1. The molecule has 0 aliphatic rings. The van der Waals surface area contributed by atoms with Gasteiger partial charge in [-0.1, -0.05) is 39.0 Å². The normalized spacial score (nSPS) is 10.7. The predicted molar refractivity (Wildman–Crippen MR) is 103 cm³/mol. The Bertz CT molecular complexity index is 714. The lowest BCUT2D eigenvalue weighted by atomic mass is 10.1. The number of aromatic nitrogens is 1. The third kappa shape index (κ3) is 5.35. The third-order valence-corrected chi connectivity index (χ3v) is 4.27. The van der Waals surface area contributed by atoms with Crippen LogP contribution in [0.15, 0.2) is 24.4 Å². The highest BCUT2D eigenvalue weighted by Crippen LogP contribution is 2.32. The average molecular weight is 359 g/mol. The minimum absolute atomic E-state index is 0.311. The van der Waals surface area contributed by atoms with Crippen LogP contribution in [-0.4, -0.2) is 31.3 Å². The molecule has 0 saturated carbocycles. The molecule has 0 fully saturated rings. The Balaban J connectivity index is 2.18. The van der Waals surface area contributed by atoms with Crippen LogP contribution < -0.4 is 9.47 Å². The number of fused-ring (bicyclic) bond motifs is 1. The highest BCUT2D eigenvalue weighted by Gasteiger charge is 2.18. The quantitative estimate of drug-likeness (QED) is 0.410. The molecule has 2 rings (SSSR count). The van der Waals surface area contributed by atoms with Crippen molar-refractivity contribution >= 4 is 16.9 Å². The number of nitrogens with zero attached hydrogens (tertiary/aromatic N) is 1. The van der Waals surface area contributed by atoms with E-state index in [1.54, 1.807) is 14.0 Å². The number of hydrogen-bond acceptors (Lipinski definition) is 5. The number of carbonyl (C=O) groups excluding carboxylic acids is 1. The number of hydrogen-bond donors (Lipinski definition) is 0. The largest absolute Gasteiger partial charge is 0.497 e. The molecule has 1 aromatic heterocycles. The van der Waals surface area contributed by atoms with Gasteiger partial charge in [0.2, 0.25) is 0 Å². The molecule has 0 aliphatic heterocycles. The molecule has 2 aromatic rings. The van der Waals surface area contributed by atoms with E-state index >= 15 is 0 Å². The third-order valence-electron chi connectivity index (χ3n) is 4.27. The summed E-state index contributed by atoms with van der Waals surface area (Å²) in [6, 6.07) is 5.55. The molecule has 0 N–H and O–H groups in total. The molecule has 0 amide bonds. The van der Waals surface area contributed by atoms with Crippen LogP contribution >= 0.6 is 0 Å². The van der Waals surface area contributed by atoms with Crippen molar-refractivity contribution < 1.29 is 19.0 Å². The van der Waals surface area contributed by atoms with Crippen molar-refractivity contribution in [2.75, 3.05) is 20.3 Å². The van der Waals surface area contributed by atoms with Gasteiger partial charge in [-0.25, -0.2) is 4.79 Å². The summed E-state index contributed by atoms with van der Waals surface area (Å²) >= 11 is 0. The maximum Gasteiger partial charge on any atom is 0.343 e. The van der Waals surface area contributed by atoms with Gasteiger partial charge >= 0.3 is 5.97 Å². The minimum Gasteiger partial charge on any atom is -0.497 e. The Hall–Kier alpha value is -2.30. The van der Waals surface area contributed by atoms with E-state index in [2.05, 4.69) is 11.9 Å². The molecule has 0 bridgehead atoms. The Morgan fingerprint density at radius 1 is 1.08 bits per heavy atom. The van der Waals surface area contributed by atoms with Gasteiger partial charge < -0.3 is 14.2 Å². The number of benzene rings is 1. The predicted octanol–water partition coefficient (Wildman–Crippen LogP) is 5.16. The van der Waals surface area contributed by atoms with E-state index in [1.807, 2.05) is 18.2 Å². The molecule has 5 nitrogen and oxygen atoms in total. The minimum atomic E-state index is -0.414. The molecule has 0 spiro atoms. The van der Waals surface area contributed by atoms with Crippen LogP contribution in [0.3, 0.4) is 0 Å². The van der Waals surface area contributed by atoms with Gasteiger partial charge in [0.15, 0.2) is 0 Å². The van der Waals surface area contributed by atoms with Crippen molar-refractivity contribution in [1.29, 1.82) is 0 Å². The molecule has 5 heteroatoms. The van der Waals surface area contributed by atoms with E-state index in [0.29, 0.717) is 30.3 Å². The van der Waals surface area contributed by atoms with Gasteiger partial charge in [-0.15, -0.1) is 0 Å². The SMILES string of the molecule is CCCCCCCCOc1c(C(=O)OCC)cnc2ccc(OC)cc12. The fourth-order valence-electron chi connectivity index (χ4n) is 2.84. The zero-order valence-corrected chi connectivity index (χ0v) is 16.0. The summed E-state index contributed by atoms with van der Waals surface area (Å²) in [5.74, 6) is 0.813. The second-order valence-corrected chi connectivity index (χ2v) is 6.22. The first kappa shape index (κ1) is 20.0. The summed E-state index contributed by atoms with van der Waals surface area (Å²) in [4.78, 5) is 16.7. The maximum absolute atomic E-state index is 12.3. The molecule has 0 atom stereocenters. The molecule has 1 aromatic carbocycles. The van der Waals surface area contributed by atoms with Gasteiger partial charge in [-0.3, -0.25) is 4.98 Å². The summed E-state index contributed by atoms with van der Waals surface area (Å²) in [6.45, 7) is 4.87. The topological polar surface area (TPSA) is 57.7 Å². The van der Waals surface area contributed by atoms with E-state index < -0.39 is 5.97 Å². The smallest absolute Gasteiger partial charge is 0.343 e. The number of carbonyl (C=O) groups is 1. The molecule has 26 heavy (non-hydrogen) atoms. The number of unbranched alkanes of at least 4 members (excludes halogenated alkanes) is 5. The van der Waals surface area contributed by atoms with Crippen molar-refractivity contribution in [2.45, 2.75) is 52.4 Å². The van der Waals surface area contributed by atoms with Crippen molar-refractivity contribution in [3.8, 4) is 11.5 Å². The van der Waals surface area contributed by atoms with Crippen molar-refractivity contribution in [2.24, 2.45) is 0 Å². The Morgan fingerprint density at radius 2 is 1.85 bits per heavy atom. The highest BCUT2D eigenvalue weighted by molar-refractivity contribution is 6.00. The van der Waals surface area contributed by atoms with Gasteiger partial charge in [-0.2, -0.15) is 0 Å². The number of esters is 1. The summed E-state index contributed by atoms with van der Waals surface area (Å²) in [6.07, 6.45) is 8.62. The van der Waals surface area contributed by atoms with E-state index in [-0.39, 0.29) is 0 Å². The van der Waals surface area contributed by atoms with Gasteiger partial charge in [0.05, 0.1) is 25.8 Å². The Labute approximate surface area is 155 Å². The molecule has 0 saturated heterocycles. The van der Waals surface area contributed by atoms with E-state index in [1.165, 1.54) is 31.9 Å². The van der Waals surface area contributed by atoms with E-state index in [0.717, 1.165) is 23.7 Å². The lowest BCUT2D eigenvalue weighted by Gasteiger charge is -2.14. The first-order chi connectivity index (χ1) is 12.7. The van der Waals surface area contributed by atoms with E-state index in [4.69, 9.17) is 14.2 Å². The van der Waals surface area contributed by atoms with E-state index in [9.17, 15) is 4.79 Å². The average Bonchev–Trinajstić information content (AvgIpc) is 2.66. The number of ether oxygens (including phenoxy) is 3. The summed E-state index contributed by atoms with van der Waals surface area (Å²) in [7, 11) is 1.61. The number of methoxy groups -OCH3 is 1. The zero-order valence-electron chi connectivity index (χ0n) is 16.0. The summed E-state index contributed by atoms with van der Waals surface area (Å²) < 4.78 is 16.5. The van der Waals surface area contributed by atoms with Crippen molar-refractivity contribution in [3.05, 3.63) is 30.0 Å². The highest BCUT2D eigenvalue weighted by atomic mass is 16.5. The molecular formula is C21H29NO4. The van der Waals surface area contributed by atoms with Crippen LogP contribution in [0.2, 0.25) is 0 Å². The second-order valence-electron chi connectivity index (χ2n) is 6.22. The van der Waals surface area contributed by atoms with Crippen LogP contribution in [0, 0.1) is 0 Å². The fourth-order valence-corrected chi connectivity index (χ4v) is 2.84. The molecule has 142 valence electrons. The lowest BCUT2D eigenvalue weighted by molar-refractivity contribution is 0.0521. The van der Waals surface area contributed by atoms with Crippen LogP contribution in [0.4, 0.5) is 0 Å². The Kier molecular flexibility index (Phi) is 8.19. The lowest BCUT2D eigenvalue weighted by Crippen LogP contribution is -2.10. The Morgan fingerprint density at radius 3 is 2.58 bits per heavy atom. The van der Waals surface area contributed by atoms with Crippen molar-refractivity contribution in [1.82, 2.24) is 4.98 Å². The van der Waals surface area contributed by atoms with Gasteiger partial charge in [-0.05, 0) is 31.5 Å². The zero-order chi connectivity index (χ0) is 18.8. The number of rotatable bonds is 11. The first-order valence-corrected chi connectivity index (χ1v) is 9.47. The van der Waals surface area contributed by atoms with Crippen LogP contribution in [0.25, 0.3) is 10.9 Å². The monoisotopic (exact) mass is 359 g/mol. The molecule has 0 unspecified atom stereocenters. The van der Waals surface area contributed by atoms with Gasteiger partial charge in [0.25, 0.3) is 0 Å². The van der Waals surface area contributed by atoms with Crippen molar-refractivity contribution in [3.63, 3.8) is 0 Å². The van der Waals surface area contributed by atoms with Crippen LogP contribution in [0.1, 0.15) is 62.7 Å². The van der Waals surface area contributed by atoms with Gasteiger partial charge in [0.1, 0.15) is 17.1 Å². The summed E-state index contributed by atoms with van der Waals surface area (Å²) in [5.41, 5.74) is 1.12. The molecule has 1 heterocycles.